The van der Waals surface area contributed by atoms with Crippen LogP contribution in [0.3, 0.4) is 0 Å². The Balaban J connectivity index is 2.53. The van der Waals surface area contributed by atoms with E-state index in [9.17, 15) is 18.0 Å². The van der Waals surface area contributed by atoms with Crippen molar-refractivity contribution in [2.45, 2.75) is 45.2 Å². The van der Waals surface area contributed by atoms with Crippen LogP contribution < -0.4 is 5.32 Å². The van der Waals surface area contributed by atoms with Gasteiger partial charge in [0.2, 0.25) is 11.8 Å². The molecule has 1 rings (SSSR count). The van der Waals surface area contributed by atoms with E-state index < -0.39 is 24.9 Å². The molecule has 0 bridgehead atoms. The molecule has 1 heterocycles. The zero-order valence-corrected chi connectivity index (χ0v) is 10.4. The predicted octanol–water partition coefficient (Wildman–Crippen LogP) is 3.25. The number of hydrogen-bond acceptors (Lipinski definition) is 3. The summed E-state index contributed by atoms with van der Waals surface area (Å²) < 4.78 is 40.5. The molecule has 0 saturated heterocycles. The minimum atomic E-state index is -4.34. The number of anilines is 1. The molecule has 1 aromatic rings. The van der Waals surface area contributed by atoms with Crippen LogP contribution in [-0.2, 0) is 10.2 Å². The quantitative estimate of drug-likeness (QED) is 0.911. The van der Waals surface area contributed by atoms with Gasteiger partial charge in [-0.3, -0.25) is 10.1 Å². The van der Waals surface area contributed by atoms with E-state index in [1.54, 1.807) is 0 Å². The number of alkyl halides is 3. The summed E-state index contributed by atoms with van der Waals surface area (Å²) in [5, 5.41) is 5.98. The van der Waals surface area contributed by atoms with Gasteiger partial charge in [0.1, 0.15) is 0 Å². The van der Waals surface area contributed by atoms with Crippen molar-refractivity contribution in [2.24, 2.45) is 0 Å². The summed E-state index contributed by atoms with van der Waals surface area (Å²) in [7, 11) is 0. The molecule has 102 valence electrons. The highest BCUT2D eigenvalue weighted by molar-refractivity contribution is 5.89. The maximum absolute atomic E-state index is 11.9. The van der Waals surface area contributed by atoms with Gasteiger partial charge in [0.25, 0.3) is 0 Å². The van der Waals surface area contributed by atoms with E-state index in [1.807, 2.05) is 20.8 Å². The number of nitrogens with zero attached hydrogens (tertiary/aromatic N) is 1. The van der Waals surface area contributed by atoms with Crippen molar-refractivity contribution < 1.29 is 22.5 Å². The Labute approximate surface area is 103 Å². The summed E-state index contributed by atoms with van der Waals surface area (Å²) in [6.45, 7) is 5.71. The van der Waals surface area contributed by atoms with E-state index in [0.29, 0.717) is 5.69 Å². The molecule has 0 atom stereocenters. The summed E-state index contributed by atoms with van der Waals surface area (Å²) in [5.41, 5.74) is 0.368. The third kappa shape index (κ3) is 4.77. The highest BCUT2D eigenvalue weighted by Crippen LogP contribution is 2.24. The third-order valence-corrected chi connectivity index (χ3v) is 2.18. The largest absolute Gasteiger partial charge is 0.389 e. The van der Waals surface area contributed by atoms with Gasteiger partial charge in [-0.05, 0) is 0 Å². The first-order chi connectivity index (χ1) is 8.08. The average molecular weight is 264 g/mol. The van der Waals surface area contributed by atoms with Crippen LogP contribution in [0.2, 0.25) is 0 Å². The van der Waals surface area contributed by atoms with Crippen LogP contribution in [-0.4, -0.2) is 17.2 Å². The standard InChI is InChI=1S/C11H15F3N2O2/c1-10(2,3)7-6-9(18-16-7)15-8(17)4-5-11(12,13)14/h6H,4-5H2,1-3H3,(H,15,17). The number of nitrogens with one attached hydrogen (secondary N) is 1. The molecular formula is C11H15F3N2O2. The molecule has 18 heavy (non-hydrogen) atoms. The molecule has 0 radical (unpaired) electrons. The lowest BCUT2D eigenvalue weighted by Gasteiger charge is -2.12. The van der Waals surface area contributed by atoms with E-state index in [-0.39, 0.29) is 11.3 Å². The fourth-order valence-corrected chi connectivity index (χ4v) is 1.14. The van der Waals surface area contributed by atoms with E-state index >= 15 is 0 Å². The second-order valence-corrected chi connectivity index (χ2v) is 4.99. The Morgan fingerprint density at radius 1 is 1.39 bits per heavy atom. The molecule has 0 saturated carbocycles. The van der Waals surface area contributed by atoms with Crippen LogP contribution in [0.1, 0.15) is 39.3 Å². The monoisotopic (exact) mass is 264 g/mol. The minimum Gasteiger partial charge on any atom is -0.338 e. The molecule has 1 aromatic heterocycles. The smallest absolute Gasteiger partial charge is 0.338 e. The van der Waals surface area contributed by atoms with Gasteiger partial charge in [0.05, 0.1) is 12.1 Å². The molecule has 0 spiro atoms. The normalized spacial score (nSPS) is 12.6. The topological polar surface area (TPSA) is 55.1 Å². The molecule has 0 aliphatic rings. The van der Waals surface area contributed by atoms with Gasteiger partial charge in [-0.15, -0.1) is 0 Å². The first-order valence-electron chi connectivity index (χ1n) is 5.42. The molecule has 0 aliphatic heterocycles. The number of amides is 1. The SMILES string of the molecule is CC(C)(C)c1cc(NC(=O)CCC(F)(F)F)on1. The van der Waals surface area contributed by atoms with Gasteiger partial charge in [-0.1, -0.05) is 25.9 Å². The lowest BCUT2D eigenvalue weighted by Crippen LogP contribution is -2.16. The first kappa shape index (κ1) is 14.5. The fraction of sp³-hybridized carbons (Fsp3) is 0.636. The molecular weight excluding hydrogens is 249 g/mol. The van der Waals surface area contributed by atoms with Crippen molar-refractivity contribution in [3.05, 3.63) is 11.8 Å². The minimum absolute atomic E-state index is 0.0621. The van der Waals surface area contributed by atoms with Crippen molar-refractivity contribution >= 4 is 11.8 Å². The Morgan fingerprint density at radius 2 is 2.00 bits per heavy atom. The van der Waals surface area contributed by atoms with Crippen molar-refractivity contribution in [3.8, 4) is 0 Å². The van der Waals surface area contributed by atoms with E-state index in [2.05, 4.69) is 10.5 Å². The highest BCUT2D eigenvalue weighted by atomic mass is 19.4. The van der Waals surface area contributed by atoms with Crippen LogP contribution in [0.4, 0.5) is 19.1 Å². The van der Waals surface area contributed by atoms with Crippen molar-refractivity contribution in [1.82, 2.24) is 5.16 Å². The molecule has 4 nitrogen and oxygen atoms in total. The average Bonchev–Trinajstić information content (AvgIpc) is 2.61. The highest BCUT2D eigenvalue weighted by Gasteiger charge is 2.28. The van der Waals surface area contributed by atoms with Gasteiger partial charge in [-0.25, -0.2) is 0 Å². The van der Waals surface area contributed by atoms with Gasteiger partial charge in [-0.2, -0.15) is 13.2 Å². The van der Waals surface area contributed by atoms with Crippen molar-refractivity contribution in [1.29, 1.82) is 0 Å². The molecule has 0 unspecified atom stereocenters. The summed E-state index contributed by atoms with van der Waals surface area (Å²) in [4.78, 5) is 11.2. The number of carbonyl (C=O) groups excluding carboxylic acids is 1. The van der Waals surface area contributed by atoms with Crippen LogP contribution in [0, 0.1) is 0 Å². The van der Waals surface area contributed by atoms with Crippen LogP contribution in [0.5, 0.6) is 0 Å². The van der Waals surface area contributed by atoms with Crippen molar-refractivity contribution in [2.75, 3.05) is 5.32 Å². The molecule has 1 N–H and O–H groups in total. The summed E-state index contributed by atoms with van der Waals surface area (Å²) in [5.74, 6) is -0.684. The molecule has 7 heteroatoms. The molecule has 0 fully saturated rings. The zero-order chi connectivity index (χ0) is 14.0. The summed E-state index contributed by atoms with van der Waals surface area (Å²) in [6, 6.07) is 1.51. The lowest BCUT2D eigenvalue weighted by molar-refractivity contribution is -0.142. The van der Waals surface area contributed by atoms with E-state index in [0.717, 1.165) is 0 Å². The van der Waals surface area contributed by atoms with Gasteiger partial charge in [0, 0.05) is 17.9 Å². The maximum atomic E-state index is 11.9. The van der Waals surface area contributed by atoms with Crippen LogP contribution >= 0.6 is 0 Å². The van der Waals surface area contributed by atoms with Gasteiger partial charge >= 0.3 is 6.18 Å². The Kier molecular flexibility index (Phi) is 4.03. The summed E-state index contributed by atoms with van der Waals surface area (Å²) >= 11 is 0. The molecule has 0 aliphatic carbocycles. The first-order valence-corrected chi connectivity index (χ1v) is 5.42. The lowest BCUT2D eigenvalue weighted by atomic mass is 9.92. The van der Waals surface area contributed by atoms with Crippen LogP contribution in [0.25, 0.3) is 0 Å². The Hall–Kier alpha value is -1.53. The van der Waals surface area contributed by atoms with E-state index in [4.69, 9.17) is 4.52 Å². The van der Waals surface area contributed by atoms with Gasteiger partial charge < -0.3 is 4.52 Å². The fourth-order valence-electron chi connectivity index (χ4n) is 1.14. The number of halogens is 3. The zero-order valence-electron chi connectivity index (χ0n) is 10.4. The summed E-state index contributed by atoms with van der Waals surface area (Å²) in [6.07, 6.45) is -6.12. The molecule has 1 amide bonds. The number of rotatable bonds is 3. The van der Waals surface area contributed by atoms with E-state index in [1.165, 1.54) is 6.07 Å². The Morgan fingerprint density at radius 3 is 2.44 bits per heavy atom. The van der Waals surface area contributed by atoms with Crippen LogP contribution in [0.15, 0.2) is 10.6 Å². The predicted molar refractivity (Wildman–Crippen MR) is 59.1 cm³/mol. The van der Waals surface area contributed by atoms with Crippen molar-refractivity contribution in [3.63, 3.8) is 0 Å². The third-order valence-electron chi connectivity index (χ3n) is 2.18. The number of hydrogen-bond donors (Lipinski definition) is 1. The Bertz CT molecular complexity index is 419. The second-order valence-electron chi connectivity index (χ2n) is 4.99. The number of aromatic nitrogens is 1. The molecule has 0 aromatic carbocycles. The maximum Gasteiger partial charge on any atom is 0.389 e. The van der Waals surface area contributed by atoms with Gasteiger partial charge in [0.15, 0.2) is 0 Å². The second kappa shape index (κ2) is 4.99. The number of carbonyl (C=O) groups is 1.